The molecule has 1 saturated carbocycles. The fourth-order valence-electron chi connectivity index (χ4n) is 1.89. The van der Waals surface area contributed by atoms with Crippen LogP contribution in [-0.4, -0.2) is 17.6 Å². The van der Waals surface area contributed by atoms with Gasteiger partial charge in [0, 0.05) is 17.8 Å². The maximum Gasteiger partial charge on any atom is 0.218 e. The van der Waals surface area contributed by atoms with Crippen molar-refractivity contribution in [2.24, 2.45) is 0 Å². The monoisotopic (exact) mass is 220 g/mol. The number of hydrogen-bond donors (Lipinski definition) is 1. The van der Waals surface area contributed by atoms with Gasteiger partial charge in [0.05, 0.1) is 0 Å². The molecule has 1 aromatic heterocycles. The van der Waals surface area contributed by atoms with Gasteiger partial charge in [0.2, 0.25) is 5.88 Å². The molecule has 1 aliphatic rings. The lowest BCUT2D eigenvalue weighted by Crippen LogP contribution is -2.26. The Kier molecular flexibility index (Phi) is 3.78. The number of nitrogens with zero attached hydrogens (tertiary/aromatic N) is 1. The quantitative estimate of drug-likeness (QED) is 0.828. The summed E-state index contributed by atoms with van der Waals surface area (Å²) in [5.74, 6) is 0.806. The number of pyridine rings is 1. The minimum atomic E-state index is 0.300. The topological polar surface area (TPSA) is 34.2 Å². The van der Waals surface area contributed by atoms with Crippen LogP contribution in [-0.2, 0) is 0 Å². The van der Waals surface area contributed by atoms with Crippen molar-refractivity contribution in [1.29, 1.82) is 0 Å². The molecule has 88 valence electrons. The molecule has 0 spiro atoms. The van der Waals surface area contributed by atoms with Gasteiger partial charge in [0.25, 0.3) is 0 Å². The van der Waals surface area contributed by atoms with Crippen LogP contribution in [0.2, 0.25) is 0 Å². The predicted molar refractivity (Wildman–Crippen MR) is 64.6 cm³/mol. The van der Waals surface area contributed by atoms with Gasteiger partial charge in [-0.15, -0.1) is 0 Å². The highest BCUT2D eigenvalue weighted by Gasteiger charge is 2.21. The molecule has 1 unspecified atom stereocenters. The van der Waals surface area contributed by atoms with E-state index in [4.69, 9.17) is 4.74 Å². The molecule has 0 radical (unpaired) electrons. The summed E-state index contributed by atoms with van der Waals surface area (Å²) in [6, 6.07) is 4.36. The number of hydrogen-bond acceptors (Lipinski definition) is 3. The van der Waals surface area contributed by atoms with E-state index in [2.05, 4.69) is 30.2 Å². The highest BCUT2D eigenvalue weighted by molar-refractivity contribution is 5.28. The van der Waals surface area contributed by atoms with Crippen LogP contribution in [0.15, 0.2) is 18.3 Å². The highest BCUT2D eigenvalue weighted by atomic mass is 16.5. The second-order valence-electron chi connectivity index (χ2n) is 4.35. The third kappa shape index (κ3) is 2.53. The lowest BCUT2D eigenvalue weighted by atomic mass is 9.96. The van der Waals surface area contributed by atoms with Crippen LogP contribution in [0.5, 0.6) is 5.88 Å². The Labute approximate surface area is 97.2 Å². The van der Waals surface area contributed by atoms with Gasteiger partial charge >= 0.3 is 0 Å². The van der Waals surface area contributed by atoms with Crippen molar-refractivity contribution in [3.63, 3.8) is 0 Å². The van der Waals surface area contributed by atoms with Gasteiger partial charge in [-0.2, -0.15) is 0 Å². The molecule has 1 aliphatic carbocycles. The zero-order chi connectivity index (χ0) is 11.4. The van der Waals surface area contributed by atoms with E-state index in [1.54, 1.807) is 6.20 Å². The summed E-state index contributed by atoms with van der Waals surface area (Å²) in [6.07, 6.45) is 5.82. The largest absolute Gasteiger partial charge is 0.474 e. The Morgan fingerprint density at radius 3 is 3.00 bits per heavy atom. The van der Waals surface area contributed by atoms with E-state index in [0.717, 1.165) is 18.0 Å². The van der Waals surface area contributed by atoms with E-state index < -0.39 is 0 Å². The summed E-state index contributed by atoms with van der Waals surface area (Å²) in [5, 5.41) is 3.39. The average Bonchev–Trinajstić information content (AvgIpc) is 2.24. The van der Waals surface area contributed by atoms with Crippen LogP contribution in [0.4, 0.5) is 0 Å². The molecule has 1 heterocycles. The first-order valence-corrected chi connectivity index (χ1v) is 6.16. The third-order valence-electron chi connectivity index (χ3n) is 3.11. The molecular formula is C13H20N2O. The summed E-state index contributed by atoms with van der Waals surface area (Å²) in [7, 11) is 0. The maximum absolute atomic E-state index is 5.90. The normalized spacial score (nSPS) is 17.9. The molecule has 0 aromatic carbocycles. The van der Waals surface area contributed by atoms with Crippen molar-refractivity contribution in [3.05, 3.63) is 23.9 Å². The van der Waals surface area contributed by atoms with Crippen LogP contribution in [0.1, 0.15) is 44.7 Å². The molecule has 16 heavy (non-hydrogen) atoms. The number of ether oxygens (including phenoxy) is 1. The summed E-state index contributed by atoms with van der Waals surface area (Å²) in [4.78, 5) is 4.34. The summed E-state index contributed by atoms with van der Waals surface area (Å²) in [5.41, 5.74) is 1.16. The molecule has 0 saturated heterocycles. The Bertz CT molecular complexity index is 336. The van der Waals surface area contributed by atoms with Crippen LogP contribution in [0.3, 0.4) is 0 Å². The second-order valence-corrected chi connectivity index (χ2v) is 4.35. The summed E-state index contributed by atoms with van der Waals surface area (Å²) < 4.78 is 5.90. The molecule has 2 rings (SSSR count). The molecular weight excluding hydrogens is 200 g/mol. The molecule has 0 bridgehead atoms. The SMILES string of the molecule is CCNC(C)c1cccnc1OC1CCC1. The minimum Gasteiger partial charge on any atom is -0.474 e. The van der Waals surface area contributed by atoms with Crippen LogP contribution in [0, 0.1) is 0 Å². The van der Waals surface area contributed by atoms with Crippen LogP contribution >= 0.6 is 0 Å². The first-order valence-electron chi connectivity index (χ1n) is 6.16. The van der Waals surface area contributed by atoms with Gasteiger partial charge in [0.1, 0.15) is 6.10 Å². The van der Waals surface area contributed by atoms with Crippen molar-refractivity contribution in [3.8, 4) is 5.88 Å². The second kappa shape index (κ2) is 5.30. The Hall–Kier alpha value is -1.09. The molecule has 1 fully saturated rings. The lowest BCUT2D eigenvalue weighted by Gasteiger charge is -2.27. The molecule has 1 N–H and O–H groups in total. The van der Waals surface area contributed by atoms with E-state index in [9.17, 15) is 0 Å². The van der Waals surface area contributed by atoms with Gasteiger partial charge < -0.3 is 10.1 Å². The molecule has 3 nitrogen and oxygen atoms in total. The highest BCUT2D eigenvalue weighted by Crippen LogP contribution is 2.28. The van der Waals surface area contributed by atoms with E-state index in [-0.39, 0.29) is 0 Å². The van der Waals surface area contributed by atoms with E-state index in [1.165, 1.54) is 19.3 Å². The fourth-order valence-corrected chi connectivity index (χ4v) is 1.89. The Balaban J connectivity index is 2.09. The van der Waals surface area contributed by atoms with Crippen molar-refractivity contribution in [1.82, 2.24) is 10.3 Å². The van der Waals surface area contributed by atoms with Gasteiger partial charge in [-0.05, 0) is 38.8 Å². The van der Waals surface area contributed by atoms with Crippen molar-refractivity contribution >= 4 is 0 Å². The van der Waals surface area contributed by atoms with Crippen molar-refractivity contribution < 1.29 is 4.74 Å². The Morgan fingerprint density at radius 1 is 1.56 bits per heavy atom. The first-order chi connectivity index (χ1) is 7.81. The molecule has 0 aliphatic heterocycles. The summed E-state index contributed by atoms with van der Waals surface area (Å²) in [6.45, 7) is 5.21. The van der Waals surface area contributed by atoms with Crippen LogP contribution < -0.4 is 10.1 Å². The van der Waals surface area contributed by atoms with Gasteiger partial charge in [-0.3, -0.25) is 0 Å². The maximum atomic E-state index is 5.90. The first kappa shape index (κ1) is 11.4. The van der Waals surface area contributed by atoms with Gasteiger partial charge in [-0.25, -0.2) is 4.98 Å². The molecule has 3 heteroatoms. The Morgan fingerprint density at radius 2 is 2.38 bits per heavy atom. The van der Waals surface area contributed by atoms with E-state index in [1.807, 2.05) is 6.07 Å². The number of rotatable bonds is 5. The average molecular weight is 220 g/mol. The van der Waals surface area contributed by atoms with E-state index >= 15 is 0 Å². The van der Waals surface area contributed by atoms with Crippen LogP contribution in [0.25, 0.3) is 0 Å². The fraction of sp³-hybridized carbons (Fsp3) is 0.615. The van der Waals surface area contributed by atoms with Gasteiger partial charge in [-0.1, -0.05) is 13.0 Å². The number of nitrogens with one attached hydrogen (secondary N) is 1. The lowest BCUT2D eigenvalue weighted by molar-refractivity contribution is 0.112. The van der Waals surface area contributed by atoms with Crippen molar-refractivity contribution in [2.45, 2.75) is 45.3 Å². The predicted octanol–water partition coefficient (Wildman–Crippen LogP) is 2.68. The zero-order valence-corrected chi connectivity index (χ0v) is 10.1. The smallest absolute Gasteiger partial charge is 0.218 e. The minimum absolute atomic E-state index is 0.300. The zero-order valence-electron chi connectivity index (χ0n) is 10.1. The number of aromatic nitrogens is 1. The van der Waals surface area contributed by atoms with E-state index in [0.29, 0.717) is 12.1 Å². The van der Waals surface area contributed by atoms with Crippen molar-refractivity contribution in [2.75, 3.05) is 6.54 Å². The molecule has 1 aromatic rings. The molecule has 0 amide bonds. The van der Waals surface area contributed by atoms with Gasteiger partial charge in [0.15, 0.2) is 0 Å². The standard InChI is InChI=1S/C13H20N2O/c1-3-14-10(2)12-8-5-9-15-13(12)16-11-6-4-7-11/h5,8-11,14H,3-4,6-7H2,1-2H3. The summed E-state index contributed by atoms with van der Waals surface area (Å²) >= 11 is 0. The third-order valence-corrected chi connectivity index (χ3v) is 3.11. The molecule has 1 atom stereocenters.